The lowest BCUT2D eigenvalue weighted by Gasteiger charge is -2.63. The van der Waals surface area contributed by atoms with Crippen LogP contribution in [0, 0.1) is 92.7 Å². The maximum absolute atomic E-state index is 13.8. The van der Waals surface area contributed by atoms with E-state index in [0.29, 0.717) is 83.9 Å². The van der Waals surface area contributed by atoms with Crippen LogP contribution in [0.15, 0.2) is 0 Å². The van der Waals surface area contributed by atoms with Crippen molar-refractivity contribution in [1.82, 2.24) is 0 Å². The first-order valence-corrected chi connectivity index (χ1v) is 26.5. The Kier molecular flexibility index (Phi) is 14.0. The molecule has 0 N–H and O–H groups in total. The standard InChI is InChI=1S/C55H86O10/c1-31(11-17-48(59)61-10)40-13-15-42-51-45(22-25-54(40,42)8)53(7)24-20-39(28-37(53)30-47(51)64-35(5)58)65-49(60)18-12-32(2)41-14-16-43-50-44(21-26-55(41,43)9)52(6)23-19-38(62-33(3)56)27-36(52)29-46(50)63-34(4)57/h31-32,36-47,50-51H,11-30H2,1-10H3/t31-,32-,36+,37+,38-,39-,40-,41-,42+,43+,44+,45+,46-,47-,50+,51+,52+,53+,54-,55-/m1/s1. The Morgan fingerprint density at radius 1 is 0.477 bits per heavy atom. The molecular formula is C55H86O10. The lowest BCUT2D eigenvalue weighted by atomic mass is 9.43. The summed E-state index contributed by atoms with van der Waals surface area (Å²) in [6, 6.07) is 0. The lowest BCUT2D eigenvalue weighted by molar-refractivity contribution is -0.197. The fourth-order valence-corrected chi connectivity index (χ4v) is 18.8. The Bertz CT molecular complexity index is 1800. The van der Waals surface area contributed by atoms with Crippen molar-refractivity contribution in [2.45, 2.75) is 215 Å². The van der Waals surface area contributed by atoms with Crippen molar-refractivity contribution < 1.29 is 47.7 Å². The first kappa shape index (κ1) is 48.8. The van der Waals surface area contributed by atoms with E-state index in [1.165, 1.54) is 20.5 Å². The van der Waals surface area contributed by atoms with Crippen LogP contribution >= 0.6 is 0 Å². The zero-order valence-electron chi connectivity index (χ0n) is 42.0. The summed E-state index contributed by atoms with van der Waals surface area (Å²) in [4.78, 5) is 63.1. The lowest BCUT2D eigenvalue weighted by Crippen LogP contribution is -2.59. The minimum absolute atomic E-state index is 0.0491. The summed E-state index contributed by atoms with van der Waals surface area (Å²) in [5.74, 6) is 4.36. The molecule has 366 valence electrons. The van der Waals surface area contributed by atoms with E-state index in [0.717, 1.165) is 109 Å². The molecule has 65 heavy (non-hydrogen) atoms. The molecule has 0 aromatic carbocycles. The molecule has 8 aliphatic carbocycles. The molecule has 0 aromatic rings. The van der Waals surface area contributed by atoms with E-state index in [9.17, 15) is 24.0 Å². The second-order valence-electron chi connectivity index (χ2n) is 24.7. The van der Waals surface area contributed by atoms with Gasteiger partial charge in [0.05, 0.1) is 7.11 Å². The SMILES string of the molecule is COC(=O)CC[C@@H](C)[C@H]1CC[C@H]2[C@@H]3[C@H](OC(C)=O)C[C@@H]4C[C@H](OC(=O)CC[C@@H](C)[C@H]5CC[C@H]6[C@@H]7[C@H](OC(C)=O)C[C@@H]8C[C@H](OC(C)=O)CC[C@]8(C)[C@H]7CC[C@]56C)CC[C@]4(C)[C@H]3CC[C@]12C. The van der Waals surface area contributed by atoms with Crippen molar-refractivity contribution in [1.29, 1.82) is 0 Å². The van der Waals surface area contributed by atoms with Gasteiger partial charge < -0.3 is 23.7 Å². The number of carbonyl (C=O) groups is 5. The van der Waals surface area contributed by atoms with Crippen LogP contribution in [-0.2, 0) is 47.7 Å². The van der Waals surface area contributed by atoms with Crippen LogP contribution in [-0.4, -0.2) is 61.4 Å². The molecule has 0 unspecified atom stereocenters. The number of methoxy groups -OCH3 is 1. The van der Waals surface area contributed by atoms with Gasteiger partial charge in [0.1, 0.15) is 24.4 Å². The van der Waals surface area contributed by atoms with Gasteiger partial charge in [-0.05, 0) is 196 Å². The number of carbonyl (C=O) groups excluding carboxylic acids is 5. The third kappa shape index (κ3) is 8.95. The minimum Gasteiger partial charge on any atom is -0.469 e. The number of hydrogen-bond acceptors (Lipinski definition) is 10. The van der Waals surface area contributed by atoms with Crippen LogP contribution in [0.3, 0.4) is 0 Å². The van der Waals surface area contributed by atoms with Gasteiger partial charge in [-0.15, -0.1) is 0 Å². The fraction of sp³-hybridized carbons (Fsp3) is 0.909. The maximum Gasteiger partial charge on any atom is 0.306 e. The van der Waals surface area contributed by atoms with Gasteiger partial charge in [-0.3, -0.25) is 24.0 Å². The third-order valence-electron chi connectivity index (χ3n) is 21.8. The van der Waals surface area contributed by atoms with E-state index in [-0.39, 0.29) is 75.9 Å². The van der Waals surface area contributed by atoms with Crippen LogP contribution in [0.5, 0.6) is 0 Å². The van der Waals surface area contributed by atoms with Crippen molar-refractivity contribution >= 4 is 29.8 Å². The van der Waals surface area contributed by atoms with Crippen LogP contribution in [0.1, 0.15) is 191 Å². The van der Waals surface area contributed by atoms with Gasteiger partial charge in [0.2, 0.25) is 0 Å². The van der Waals surface area contributed by atoms with E-state index < -0.39 is 0 Å². The normalized spacial score (nSPS) is 46.0. The molecule has 0 aromatic heterocycles. The summed E-state index contributed by atoms with van der Waals surface area (Å²) in [5, 5.41) is 0. The van der Waals surface area contributed by atoms with Gasteiger partial charge >= 0.3 is 29.8 Å². The molecule has 10 nitrogen and oxygen atoms in total. The van der Waals surface area contributed by atoms with Crippen LogP contribution in [0.2, 0.25) is 0 Å². The molecule has 0 spiro atoms. The molecule has 0 saturated heterocycles. The molecule has 8 saturated carbocycles. The van der Waals surface area contributed by atoms with Gasteiger partial charge in [-0.25, -0.2) is 0 Å². The first-order chi connectivity index (χ1) is 30.7. The molecular weight excluding hydrogens is 821 g/mol. The molecule has 0 heterocycles. The van der Waals surface area contributed by atoms with Gasteiger partial charge in [0, 0.05) is 45.4 Å². The Balaban J connectivity index is 0.880. The highest BCUT2D eigenvalue weighted by molar-refractivity contribution is 5.70. The predicted octanol–water partition coefficient (Wildman–Crippen LogP) is 11.2. The van der Waals surface area contributed by atoms with Crippen molar-refractivity contribution in [2.75, 3.05) is 7.11 Å². The van der Waals surface area contributed by atoms with Crippen molar-refractivity contribution in [3.8, 4) is 0 Å². The van der Waals surface area contributed by atoms with Crippen LogP contribution in [0.25, 0.3) is 0 Å². The quantitative estimate of drug-likeness (QED) is 0.138. The zero-order valence-corrected chi connectivity index (χ0v) is 42.0. The summed E-state index contributed by atoms with van der Waals surface area (Å²) in [5.41, 5.74) is 0.562. The molecule has 0 radical (unpaired) electrons. The second-order valence-corrected chi connectivity index (χ2v) is 24.7. The smallest absolute Gasteiger partial charge is 0.306 e. The predicted molar refractivity (Wildman–Crippen MR) is 247 cm³/mol. The van der Waals surface area contributed by atoms with E-state index in [4.69, 9.17) is 23.7 Å². The Labute approximate surface area is 391 Å². The number of ether oxygens (including phenoxy) is 5. The average Bonchev–Trinajstić information content (AvgIpc) is 3.79. The van der Waals surface area contributed by atoms with E-state index in [1.807, 2.05) is 0 Å². The monoisotopic (exact) mass is 907 g/mol. The number of fused-ring (bicyclic) bond motifs is 10. The Hall–Kier alpha value is -2.65. The highest BCUT2D eigenvalue weighted by Crippen LogP contribution is 2.71. The maximum atomic E-state index is 13.8. The molecule has 8 rings (SSSR count). The summed E-state index contributed by atoms with van der Waals surface area (Å²) in [6.45, 7) is 19.3. The topological polar surface area (TPSA) is 132 Å². The van der Waals surface area contributed by atoms with E-state index in [1.54, 1.807) is 13.8 Å². The zero-order chi connectivity index (χ0) is 46.8. The average molecular weight is 907 g/mol. The number of rotatable bonds is 12. The van der Waals surface area contributed by atoms with Crippen molar-refractivity contribution in [3.05, 3.63) is 0 Å². The molecule has 0 aliphatic heterocycles. The van der Waals surface area contributed by atoms with Gasteiger partial charge in [-0.2, -0.15) is 0 Å². The molecule has 0 bridgehead atoms. The highest BCUT2D eigenvalue weighted by Gasteiger charge is 2.66. The third-order valence-corrected chi connectivity index (χ3v) is 21.8. The van der Waals surface area contributed by atoms with Crippen molar-refractivity contribution in [3.63, 3.8) is 0 Å². The molecule has 20 atom stereocenters. The van der Waals surface area contributed by atoms with E-state index in [2.05, 4.69) is 41.5 Å². The molecule has 8 fully saturated rings. The molecule has 8 aliphatic rings. The fourth-order valence-electron chi connectivity index (χ4n) is 18.8. The van der Waals surface area contributed by atoms with Gasteiger partial charge in [0.15, 0.2) is 0 Å². The van der Waals surface area contributed by atoms with Crippen molar-refractivity contribution in [2.24, 2.45) is 92.7 Å². The molecule has 10 heteroatoms. The van der Waals surface area contributed by atoms with Crippen LogP contribution < -0.4 is 0 Å². The number of esters is 5. The summed E-state index contributed by atoms with van der Waals surface area (Å²) in [6.07, 6.45) is 18.7. The van der Waals surface area contributed by atoms with E-state index >= 15 is 0 Å². The summed E-state index contributed by atoms with van der Waals surface area (Å²) < 4.78 is 29.7. The second kappa shape index (κ2) is 18.7. The Morgan fingerprint density at radius 3 is 1.28 bits per heavy atom. The largest absolute Gasteiger partial charge is 0.469 e. The molecule has 0 amide bonds. The first-order valence-electron chi connectivity index (χ1n) is 26.5. The van der Waals surface area contributed by atoms with Crippen LogP contribution in [0.4, 0.5) is 0 Å². The summed E-state index contributed by atoms with van der Waals surface area (Å²) in [7, 11) is 1.47. The van der Waals surface area contributed by atoms with Gasteiger partial charge in [-0.1, -0.05) is 41.5 Å². The highest BCUT2D eigenvalue weighted by atomic mass is 16.6. The summed E-state index contributed by atoms with van der Waals surface area (Å²) >= 11 is 0. The van der Waals surface area contributed by atoms with Gasteiger partial charge in [0.25, 0.3) is 0 Å². The minimum atomic E-state index is -0.210. The Morgan fingerprint density at radius 2 is 0.862 bits per heavy atom. The number of hydrogen-bond donors (Lipinski definition) is 0.